The van der Waals surface area contributed by atoms with Crippen LogP contribution in [0.2, 0.25) is 0 Å². The van der Waals surface area contributed by atoms with E-state index in [1.54, 1.807) is 32.1 Å². The number of epoxide rings is 1. The number of ether oxygens (including phenoxy) is 1. The second kappa shape index (κ2) is 12.1. The van der Waals surface area contributed by atoms with Crippen LogP contribution in [0.4, 0.5) is 0 Å². The van der Waals surface area contributed by atoms with E-state index in [0.29, 0.717) is 6.42 Å². The van der Waals surface area contributed by atoms with E-state index in [0.717, 1.165) is 42.0 Å². The van der Waals surface area contributed by atoms with Crippen molar-refractivity contribution in [3.63, 3.8) is 0 Å². The van der Waals surface area contributed by atoms with Crippen molar-refractivity contribution < 1.29 is 24.5 Å². The van der Waals surface area contributed by atoms with Crippen molar-refractivity contribution in [1.29, 1.82) is 0 Å². The number of hydrogen-bond acceptors (Lipinski definition) is 7. The number of nitrogens with one attached hydrogen (secondary N) is 1. The summed E-state index contributed by atoms with van der Waals surface area (Å²) in [6.45, 7) is 17.7. The van der Waals surface area contributed by atoms with Crippen molar-refractivity contribution in [2.45, 2.75) is 131 Å². The number of carbonyl (C=O) groups is 2. The van der Waals surface area contributed by atoms with E-state index in [1.807, 2.05) is 25.3 Å². The van der Waals surface area contributed by atoms with E-state index in [-0.39, 0.29) is 47.2 Å². The van der Waals surface area contributed by atoms with Crippen LogP contribution in [-0.2, 0) is 20.7 Å². The lowest BCUT2D eigenvalue weighted by Crippen LogP contribution is -2.47. The lowest BCUT2D eigenvalue weighted by Gasteiger charge is -2.34. The van der Waals surface area contributed by atoms with E-state index in [9.17, 15) is 19.8 Å². The van der Waals surface area contributed by atoms with Crippen LogP contribution in [0.15, 0.2) is 11.0 Å². The van der Waals surface area contributed by atoms with Crippen LogP contribution in [0.5, 0.6) is 0 Å². The summed E-state index contributed by atoms with van der Waals surface area (Å²) in [5.41, 5.74) is 0.574. The van der Waals surface area contributed by atoms with Gasteiger partial charge in [0.2, 0.25) is 5.91 Å². The van der Waals surface area contributed by atoms with Crippen LogP contribution in [0, 0.1) is 22.7 Å². The molecule has 3 N–H and O–H groups in total. The van der Waals surface area contributed by atoms with Crippen LogP contribution >= 0.6 is 11.3 Å². The smallest absolute Gasteiger partial charge is 0.223 e. The molecule has 0 aromatic carbocycles. The zero-order valence-corrected chi connectivity index (χ0v) is 26.2. The number of Topliss-reactive ketones (excluding diaryl/α,β-unsaturated/α-hetero) is 1. The summed E-state index contributed by atoms with van der Waals surface area (Å²) in [6.07, 6.45) is 3.90. The summed E-state index contributed by atoms with van der Waals surface area (Å²) in [6, 6.07) is -0.282. The lowest BCUT2D eigenvalue weighted by atomic mass is 9.72. The minimum Gasteiger partial charge on any atom is -0.392 e. The SMILES string of the molecule is C/C(=C\c1csc(CC(C)(C)C)n1)[C@@H]1C[C@@H]2O[C@]2(C)CCC[C@H](C)[C@H](O)[C@@H](C)C(=O)C(C)(C)[C@@H](O)CC(=O)N1. The predicted octanol–water partition coefficient (Wildman–Crippen LogP) is 5.33. The van der Waals surface area contributed by atoms with Gasteiger partial charge in [-0.15, -0.1) is 11.3 Å². The quantitative estimate of drug-likeness (QED) is 0.429. The molecule has 3 heterocycles. The molecule has 2 aliphatic heterocycles. The highest BCUT2D eigenvalue weighted by Crippen LogP contribution is 2.44. The number of aliphatic hydroxyl groups excluding tert-OH is 2. The van der Waals surface area contributed by atoms with Crippen molar-refractivity contribution in [2.75, 3.05) is 0 Å². The number of hydrogen-bond donors (Lipinski definition) is 3. The third kappa shape index (κ3) is 8.21. The van der Waals surface area contributed by atoms with Gasteiger partial charge in [0.25, 0.3) is 0 Å². The molecule has 0 bridgehead atoms. The summed E-state index contributed by atoms with van der Waals surface area (Å²) >= 11 is 1.65. The molecule has 7 nitrogen and oxygen atoms in total. The molecule has 1 amide bonds. The fourth-order valence-corrected chi connectivity index (χ4v) is 6.72. The first-order valence-electron chi connectivity index (χ1n) is 14.4. The Labute approximate surface area is 238 Å². The minimum absolute atomic E-state index is 0.00744. The molecular formula is C31H50N2O5S. The van der Waals surface area contributed by atoms with Gasteiger partial charge in [0.1, 0.15) is 5.78 Å². The second-order valence-corrected chi connectivity index (χ2v) is 15.0. The highest BCUT2D eigenvalue weighted by Gasteiger charge is 2.52. The molecule has 0 unspecified atom stereocenters. The fourth-order valence-electron chi connectivity index (χ4n) is 5.67. The Bertz CT molecular complexity index is 1060. The maximum absolute atomic E-state index is 13.3. The van der Waals surface area contributed by atoms with Crippen molar-refractivity contribution in [3.05, 3.63) is 21.7 Å². The van der Waals surface area contributed by atoms with Gasteiger partial charge in [-0.1, -0.05) is 54.9 Å². The number of aliphatic hydroxyl groups is 2. The largest absolute Gasteiger partial charge is 0.392 e. The van der Waals surface area contributed by atoms with Gasteiger partial charge in [0, 0.05) is 24.1 Å². The number of nitrogens with zero attached hydrogens (tertiary/aromatic N) is 1. The molecule has 1 aromatic rings. The van der Waals surface area contributed by atoms with E-state index in [1.165, 1.54) is 0 Å². The second-order valence-electron chi connectivity index (χ2n) is 14.0. The number of thiazole rings is 1. The van der Waals surface area contributed by atoms with E-state index >= 15 is 0 Å². The highest BCUT2D eigenvalue weighted by atomic mass is 32.1. The Morgan fingerprint density at radius 1 is 1.23 bits per heavy atom. The van der Waals surface area contributed by atoms with Crippen LogP contribution in [0.25, 0.3) is 6.08 Å². The van der Waals surface area contributed by atoms with Gasteiger partial charge in [-0.05, 0) is 49.7 Å². The number of fused-ring (bicyclic) bond motifs is 1. The van der Waals surface area contributed by atoms with Crippen LogP contribution < -0.4 is 5.32 Å². The number of amides is 1. The predicted molar refractivity (Wildman–Crippen MR) is 156 cm³/mol. The Hall–Kier alpha value is -1.61. The average molecular weight is 563 g/mol. The molecule has 2 fully saturated rings. The minimum atomic E-state index is -1.17. The maximum atomic E-state index is 13.3. The maximum Gasteiger partial charge on any atom is 0.223 e. The van der Waals surface area contributed by atoms with E-state index in [4.69, 9.17) is 9.72 Å². The first kappa shape index (κ1) is 31.9. The third-order valence-corrected chi connectivity index (χ3v) is 9.55. The molecule has 2 saturated heterocycles. The molecule has 3 rings (SSSR count). The molecule has 0 radical (unpaired) electrons. The molecule has 2 aliphatic rings. The third-order valence-electron chi connectivity index (χ3n) is 8.68. The first-order chi connectivity index (χ1) is 17.9. The topological polar surface area (TPSA) is 112 Å². The van der Waals surface area contributed by atoms with Gasteiger partial charge in [-0.2, -0.15) is 0 Å². The number of rotatable bonds is 3. The van der Waals surface area contributed by atoms with Crippen molar-refractivity contribution in [1.82, 2.24) is 10.3 Å². The van der Waals surface area contributed by atoms with E-state index < -0.39 is 23.5 Å². The van der Waals surface area contributed by atoms with Crippen molar-refractivity contribution >= 4 is 29.1 Å². The lowest BCUT2D eigenvalue weighted by molar-refractivity contribution is -0.143. The van der Waals surface area contributed by atoms with Crippen LogP contribution in [0.3, 0.4) is 0 Å². The van der Waals surface area contributed by atoms with E-state index in [2.05, 4.69) is 33.0 Å². The van der Waals surface area contributed by atoms with Gasteiger partial charge >= 0.3 is 0 Å². The van der Waals surface area contributed by atoms with Gasteiger partial charge in [-0.3, -0.25) is 9.59 Å². The average Bonchev–Trinajstić information content (AvgIpc) is 3.24. The van der Waals surface area contributed by atoms with Gasteiger partial charge in [0.05, 0.1) is 52.5 Å². The molecular weight excluding hydrogens is 512 g/mol. The summed E-state index contributed by atoms with van der Waals surface area (Å²) in [5, 5.41) is 28.1. The molecule has 39 heavy (non-hydrogen) atoms. The molecule has 7 atom stereocenters. The molecule has 0 spiro atoms. The fraction of sp³-hybridized carbons (Fsp3) is 0.774. The molecule has 0 aliphatic carbocycles. The summed E-state index contributed by atoms with van der Waals surface area (Å²) in [4.78, 5) is 31.3. The Morgan fingerprint density at radius 3 is 2.54 bits per heavy atom. The number of ketones is 1. The standard InChI is InChI=1S/C31H50N2O5S/c1-18-11-10-12-31(9)24(38-31)14-22(19(2)13-21-17-39-26(32-21)16-29(4,5)6)33-25(35)15-23(34)30(7,8)28(37)20(3)27(18)36/h13,17-18,20,22-24,27,34,36H,10-12,14-16H2,1-9H3,(H,33,35)/b19-13+/t18-,20+,22-,23-,24-,27-,31+/m0/s1. The Morgan fingerprint density at radius 2 is 1.90 bits per heavy atom. The molecule has 0 saturated carbocycles. The summed E-state index contributed by atoms with van der Waals surface area (Å²) in [7, 11) is 0. The van der Waals surface area contributed by atoms with Gasteiger partial charge in [-0.25, -0.2) is 4.98 Å². The van der Waals surface area contributed by atoms with Crippen LogP contribution in [-0.4, -0.2) is 56.8 Å². The zero-order chi connectivity index (χ0) is 29.3. The zero-order valence-electron chi connectivity index (χ0n) is 25.3. The Balaban J connectivity index is 1.84. The van der Waals surface area contributed by atoms with Gasteiger partial charge < -0.3 is 20.3 Å². The summed E-state index contributed by atoms with van der Waals surface area (Å²) < 4.78 is 6.15. The van der Waals surface area contributed by atoms with Crippen LogP contribution in [0.1, 0.15) is 105 Å². The molecule has 1 aromatic heterocycles. The van der Waals surface area contributed by atoms with Gasteiger partial charge in [0.15, 0.2) is 0 Å². The highest BCUT2D eigenvalue weighted by molar-refractivity contribution is 7.09. The van der Waals surface area contributed by atoms with Crippen molar-refractivity contribution in [3.8, 4) is 0 Å². The summed E-state index contributed by atoms with van der Waals surface area (Å²) in [5.74, 6) is -1.24. The number of carbonyl (C=O) groups excluding carboxylic acids is 2. The Kier molecular flexibility index (Phi) is 9.90. The normalized spacial score (nSPS) is 35.3. The van der Waals surface area contributed by atoms with Crippen molar-refractivity contribution in [2.24, 2.45) is 22.7 Å². The number of aromatic nitrogens is 1. The first-order valence-corrected chi connectivity index (χ1v) is 15.3. The molecule has 8 heteroatoms. The molecule has 220 valence electrons. The monoisotopic (exact) mass is 562 g/mol.